The molecule has 0 spiro atoms. The van der Waals surface area contributed by atoms with Crippen LogP contribution >= 0.6 is 0 Å². The number of carbonyl (C=O) groups is 1. The fourth-order valence-corrected chi connectivity index (χ4v) is 2.20. The van der Waals surface area contributed by atoms with Crippen LogP contribution in [0.5, 0.6) is 0 Å². The predicted molar refractivity (Wildman–Crippen MR) is 71.1 cm³/mol. The van der Waals surface area contributed by atoms with Gasteiger partial charge >= 0.3 is 0 Å². The molecule has 0 unspecified atom stereocenters. The number of rotatable bonds is 2. The van der Waals surface area contributed by atoms with Gasteiger partial charge in [-0.3, -0.25) is 9.78 Å². The van der Waals surface area contributed by atoms with E-state index in [0.29, 0.717) is 13.2 Å². The summed E-state index contributed by atoms with van der Waals surface area (Å²) in [5.74, 6) is -0.522. The van der Waals surface area contributed by atoms with E-state index in [1.807, 2.05) is 6.07 Å². The molecular formula is C13H14N4O2. The molecular weight excluding hydrogens is 244 g/mol. The Kier molecular flexibility index (Phi) is 3.00. The number of hydrogen-bond donors (Lipinski definition) is 1. The van der Waals surface area contributed by atoms with E-state index in [0.717, 1.165) is 29.7 Å². The third kappa shape index (κ3) is 2.22. The molecule has 0 bridgehead atoms. The molecule has 6 heteroatoms. The molecule has 3 heterocycles. The Bertz CT molecular complexity index is 623. The van der Waals surface area contributed by atoms with Crippen molar-refractivity contribution in [2.75, 3.05) is 31.2 Å². The van der Waals surface area contributed by atoms with E-state index < -0.39 is 5.91 Å². The lowest BCUT2D eigenvalue weighted by atomic mass is 10.2. The number of anilines is 1. The van der Waals surface area contributed by atoms with E-state index in [1.54, 1.807) is 18.5 Å². The summed E-state index contributed by atoms with van der Waals surface area (Å²) < 4.78 is 5.34. The summed E-state index contributed by atoms with van der Waals surface area (Å²) in [7, 11) is 0. The Morgan fingerprint density at radius 3 is 2.79 bits per heavy atom. The summed E-state index contributed by atoms with van der Waals surface area (Å²) in [6.07, 6.45) is 3.50. The molecule has 1 fully saturated rings. The number of amides is 1. The van der Waals surface area contributed by atoms with Gasteiger partial charge in [0.25, 0.3) is 5.91 Å². The van der Waals surface area contributed by atoms with Gasteiger partial charge in [-0.05, 0) is 12.1 Å². The van der Waals surface area contributed by atoms with E-state index in [-0.39, 0.29) is 5.69 Å². The quantitative estimate of drug-likeness (QED) is 0.851. The van der Waals surface area contributed by atoms with Gasteiger partial charge in [0.15, 0.2) is 0 Å². The zero-order valence-corrected chi connectivity index (χ0v) is 10.4. The molecule has 3 rings (SSSR count). The molecule has 2 aromatic heterocycles. The maximum absolute atomic E-state index is 11.2. The van der Waals surface area contributed by atoms with Crippen LogP contribution in [-0.4, -0.2) is 42.2 Å². The summed E-state index contributed by atoms with van der Waals surface area (Å²) in [6.45, 7) is 2.96. The number of ether oxygens (including phenoxy) is 1. The van der Waals surface area contributed by atoms with Crippen molar-refractivity contribution in [3.63, 3.8) is 0 Å². The zero-order valence-electron chi connectivity index (χ0n) is 10.4. The SMILES string of the molecule is NC(=O)c1ccc2cncc(N3CCOCC3)c2n1. The standard InChI is InChI=1S/C13H14N4O2/c14-13(18)10-2-1-9-7-15-8-11(12(9)16-10)17-3-5-19-6-4-17/h1-2,7-8H,3-6H2,(H2,14,18). The van der Waals surface area contributed by atoms with Crippen LogP contribution in [0.1, 0.15) is 10.5 Å². The van der Waals surface area contributed by atoms with Crippen molar-refractivity contribution in [1.29, 1.82) is 0 Å². The van der Waals surface area contributed by atoms with E-state index in [1.165, 1.54) is 0 Å². The maximum Gasteiger partial charge on any atom is 0.267 e. The third-order valence-electron chi connectivity index (χ3n) is 3.18. The molecule has 2 aromatic rings. The summed E-state index contributed by atoms with van der Waals surface area (Å²) in [4.78, 5) is 22.0. The first kappa shape index (κ1) is 11.9. The lowest BCUT2D eigenvalue weighted by molar-refractivity contribution is 0.0996. The van der Waals surface area contributed by atoms with Crippen molar-refractivity contribution < 1.29 is 9.53 Å². The Morgan fingerprint density at radius 1 is 1.26 bits per heavy atom. The van der Waals surface area contributed by atoms with E-state index in [4.69, 9.17) is 10.5 Å². The second-order valence-electron chi connectivity index (χ2n) is 4.39. The maximum atomic E-state index is 11.2. The number of nitrogens with two attached hydrogens (primary N) is 1. The van der Waals surface area contributed by atoms with Gasteiger partial charge in [-0.25, -0.2) is 4.98 Å². The number of morpholine rings is 1. The van der Waals surface area contributed by atoms with Crippen molar-refractivity contribution in [1.82, 2.24) is 9.97 Å². The van der Waals surface area contributed by atoms with Crippen molar-refractivity contribution >= 4 is 22.5 Å². The zero-order chi connectivity index (χ0) is 13.2. The smallest absolute Gasteiger partial charge is 0.267 e. The summed E-state index contributed by atoms with van der Waals surface area (Å²) in [6, 6.07) is 3.44. The Labute approximate surface area is 110 Å². The minimum atomic E-state index is -0.522. The molecule has 0 radical (unpaired) electrons. The van der Waals surface area contributed by atoms with Gasteiger partial charge in [-0.15, -0.1) is 0 Å². The first-order chi connectivity index (χ1) is 9.25. The fourth-order valence-electron chi connectivity index (χ4n) is 2.20. The minimum Gasteiger partial charge on any atom is -0.378 e. The average Bonchev–Trinajstić information content (AvgIpc) is 2.47. The van der Waals surface area contributed by atoms with Crippen molar-refractivity contribution in [3.8, 4) is 0 Å². The van der Waals surface area contributed by atoms with Gasteiger partial charge in [0.05, 0.1) is 30.6 Å². The van der Waals surface area contributed by atoms with Crippen molar-refractivity contribution in [3.05, 3.63) is 30.2 Å². The molecule has 0 saturated carbocycles. The molecule has 19 heavy (non-hydrogen) atoms. The Hall–Kier alpha value is -2.21. The molecule has 6 nitrogen and oxygen atoms in total. The Morgan fingerprint density at radius 2 is 2.05 bits per heavy atom. The number of pyridine rings is 2. The van der Waals surface area contributed by atoms with Crippen LogP contribution in [0.25, 0.3) is 10.9 Å². The molecule has 1 amide bonds. The first-order valence-corrected chi connectivity index (χ1v) is 6.13. The highest BCUT2D eigenvalue weighted by Gasteiger charge is 2.16. The van der Waals surface area contributed by atoms with Crippen LogP contribution in [0.15, 0.2) is 24.5 Å². The normalized spacial score (nSPS) is 15.7. The van der Waals surface area contributed by atoms with E-state index >= 15 is 0 Å². The monoisotopic (exact) mass is 258 g/mol. The number of hydrogen-bond acceptors (Lipinski definition) is 5. The first-order valence-electron chi connectivity index (χ1n) is 6.13. The van der Waals surface area contributed by atoms with Crippen LogP contribution in [-0.2, 0) is 4.74 Å². The fraction of sp³-hybridized carbons (Fsp3) is 0.308. The second-order valence-corrected chi connectivity index (χ2v) is 4.39. The summed E-state index contributed by atoms with van der Waals surface area (Å²) >= 11 is 0. The van der Waals surface area contributed by atoms with E-state index in [2.05, 4.69) is 14.9 Å². The molecule has 1 aliphatic rings. The Balaban J connectivity index is 2.11. The largest absolute Gasteiger partial charge is 0.378 e. The van der Waals surface area contributed by atoms with Gasteiger partial charge in [0.1, 0.15) is 5.69 Å². The van der Waals surface area contributed by atoms with Crippen molar-refractivity contribution in [2.24, 2.45) is 5.73 Å². The summed E-state index contributed by atoms with van der Waals surface area (Å²) in [5, 5.41) is 0.897. The van der Waals surface area contributed by atoms with Gasteiger partial charge in [0, 0.05) is 24.7 Å². The van der Waals surface area contributed by atoms with Gasteiger partial charge in [-0.1, -0.05) is 0 Å². The van der Waals surface area contributed by atoms with Crippen LogP contribution in [0, 0.1) is 0 Å². The number of primary amides is 1. The van der Waals surface area contributed by atoms with Gasteiger partial charge in [-0.2, -0.15) is 0 Å². The molecule has 0 aromatic carbocycles. The minimum absolute atomic E-state index is 0.271. The summed E-state index contributed by atoms with van der Waals surface area (Å²) in [5.41, 5.74) is 7.23. The highest BCUT2D eigenvalue weighted by molar-refractivity contribution is 5.96. The third-order valence-corrected chi connectivity index (χ3v) is 3.18. The molecule has 0 atom stereocenters. The lowest BCUT2D eigenvalue weighted by Crippen LogP contribution is -2.36. The van der Waals surface area contributed by atoms with Crippen molar-refractivity contribution in [2.45, 2.75) is 0 Å². The van der Waals surface area contributed by atoms with Crippen LogP contribution < -0.4 is 10.6 Å². The number of nitrogens with zero attached hydrogens (tertiary/aromatic N) is 3. The van der Waals surface area contributed by atoms with Gasteiger partial charge in [0.2, 0.25) is 0 Å². The molecule has 2 N–H and O–H groups in total. The molecule has 0 aliphatic carbocycles. The highest BCUT2D eigenvalue weighted by Crippen LogP contribution is 2.24. The van der Waals surface area contributed by atoms with Crippen LogP contribution in [0.4, 0.5) is 5.69 Å². The van der Waals surface area contributed by atoms with Gasteiger partial charge < -0.3 is 15.4 Å². The predicted octanol–water partition coefficient (Wildman–Crippen LogP) is 0.565. The lowest BCUT2D eigenvalue weighted by Gasteiger charge is -2.29. The number of carbonyl (C=O) groups excluding carboxylic acids is 1. The van der Waals surface area contributed by atoms with Crippen LogP contribution in [0.3, 0.4) is 0 Å². The highest BCUT2D eigenvalue weighted by atomic mass is 16.5. The number of aromatic nitrogens is 2. The topological polar surface area (TPSA) is 81.3 Å². The molecule has 98 valence electrons. The molecule has 1 aliphatic heterocycles. The second kappa shape index (κ2) is 4.81. The molecule has 1 saturated heterocycles. The average molecular weight is 258 g/mol. The van der Waals surface area contributed by atoms with Crippen LogP contribution in [0.2, 0.25) is 0 Å². The van der Waals surface area contributed by atoms with E-state index in [9.17, 15) is 4.79 Å². The number of fused-ring (bicyclic) bond motifs is 1.